The molecular weight excluding hydrogens is 730 g/mol. The van der Waals surface area contributed by atoms with Gasteiger partial charge in [0.1, 0.15) is 37.7 Å². The molecular formula is C41H43NO14. The minimum Gasteiger partial charge on any atom is -0.463 e. The summed E-state index contributed by atoms with van der Waals surface area (Å²) >= 11 is 0. The molecule has 1 saturated heterocycles. The molecule has 1 N–H and O–H groups in total. The minimum atomic E-state index is -1.45. The Kier molecular flexibility index (Phi) is 13.8. The van der Waals surface area contributed by atoms with Crippen LogP contribution in [-0.4, -0.2) is 92.5 Å². The number of rotatable bonds is 15. The van der Waals surface area contributed by atoms with E-state index >= 15 is 0 Å². The number of ether oxygens (including phenoxy) is 8. The summed E-state index contributed by atoms with van der Waals surface area (Å²) in [4.78, 5) is 74.3. The summed E-state index contributed by atoms with van der Waals surface area (Å²) in [5.41, 5.74) is 4.80. The third-order valence-corrected chi connectivity index (χ3v) is 8.83. The molecule has 15 heteroatoms. The summed E-state index contributed by atoms with van der Waals surface area (Å²) in [6, 6.07) is 21.0. The van der Waals surface area contributed by atoms with Gasteiger partial charge in [-0.3, -0.25) is 19.2 Å². The standard InChI is InChI=1S/C41H43NO14/c1-6-19-49-39(47)34(42-41(48)51-21-33-31-13-9-7-11-29(31)30-12-8-10-14-32(30)33)20-27-15-17-28(18-16-27)55-40-38(54-26(5)46)37(53-25(4)45)36(52-24(3)44)35(56-40)22-50-23(2)43/h6-18,33-38,40H,1,19-22H2,2-5H3,(H,42,48)/t34-,35+,36+,37-,38+,40-/m0/s1. The van der Waals surface area contributed by atoms with Crippen molar-refractivity contribution >= 4 is 35.9 Å². The van der Waals surface area contributed by atoms with E-state index in [0.29, 0.717) is 5.56 Å². The maximum absolute atomic E-state index is 13.2. The normalized spacial score (nSPS) is 20.2. The molecule has 2 aliphatic rings. The van der Waals surface area contributed by atoms with Crippen LogP contribution in [0.3, 0.4) is 0 Å². The zero-order valence-electron chi connectivity index (χ0n) is 31.3. The van der Waals surface area contributed by atoms with Crippen molar-refractivity contribution in [2.45, 2.75) is 76.8 Å². The predicted molar refractivity (Wildman–Crippen MR) is 196 cm³/mol. The minimum absolute atomic E-state index is 0.000493. The molecule has 1 aliphatic heterocycles. The Bertz CT molecular complexity index is 1880. The number of hydrogen-bond acceptors (Lipinski definition) is 14. The second-order valence-corrected chi connectivity index (χ2v) is 13.0. The van der Waals surface area contributed by atoms with Gasteiger partial charge in [-0.1, -0.05) is 73.3 Å². The van der Waals surface area contributed by atoms with Crippen molar-refractivity contribution in [3.05, 3.63) is 102 Å². The maximum Gasteiger partial charge on any atom is 0.407 e. The molecule has 0 spiro atoms. The summed E-state index contributed by atoms with van der Waals surface area (Å²) in [5, 5.41) is 2.63. The van der Waals surface area contributed by atoms with Crippen LogP contribution in [0.5, 0.6) is 5.75 Å². The molecule has 6 atom stereocenters. The molecule has 5 rings (SSSR count). The van der Waals surface area contributed by atoms with Gasteiger partial charge in [-0.05, 0) is 39.9 Å². The molecule has 0 aromatic heterocycles. The van der Waals surface area contributed by atoms with Gasteiger partial charge in [0.25, 0.3) is 0 Å². The van der Waals surface area contributed by atoms with Crippen molar-refractivity contribution < 1.29 is 66.7 Å². The first-order valence-electron chi connectivity index (χ1n) is 17.8. The third kappa shape index (κ3) is 10.5. The number of esters is 5. The lowest BCUT2D eigenvalue weighted by Crippen LogP contribution is -2.63. The zero-order valence-corrected chi connectivity index (χ0v) is 31.3. The van der Waals surface area contributed by atoms with Crippen LogP contribution in [0, 0.1) is 0 Å². The van der Waals surface area contributed by atoms with E-state index in [9.17, 15) is 28.8 Å². The molecule has 0 bridgehead atoms. The van der Waals surface area contributed by atoms with Gasteiger partial charge in [-0.2, -0.15) is 0 Å². The number of benzene rings is 3. The lowest BCUT2D eigenvalue weighted by molar-refractivity contribution is -0.288. The van der Waals surface area contributed by atoms with Crippen LogP contribution in [0.15, 0.2) is 85.5 Å². The van der Waals surface area contributed by atoms with Gasteiger partial charge in [0.2, 0.25) is 12.4 Å². The summed E-state index contributed by atoms with van der Waals surface area (Å²) in [6.45, 7) is 7.64. The molecule has 0 saturated carbocycles. The van der Waals surface area contributed by atoms with E-state index < -0.39 is 79.3 Å². The first-order valence-corrected chi connectivity index (χ1v) is 17.8. The number of alkyl carbamates (subject to hydrolysis) is 1. The number of amides is 1. The van der Waals surface area contributed by atoms with Crippen LogP contribution in [0.25, 0.3) is 11.1 Å². The summed E-state index contributed by atoms with van der Waals surface area (Å²) in [6.07, 6.45) is -6.24. The Morgan fingerprint density at radius 3 is 1.84 bits per heavy atom. The van der Waals surface area contributed by atoms with Gasteiger partial charge in [-0.25, -0.2) is 9.59 Å². The number of carbonyl (C=O) groups is 6. The molecule has 56 heavy (non-hydrogen) atoms. The average Bonchev–Trinajstić information content (AvgIpc) is 3.47. The second kappa shape index (κ2) is 18.9. The van der Waals surface area contributed by atoms with Crippen LogP contribution in [0.2, 0.25) is 0 Å². The molecule has 1 heterocycles. The smallest absolute Gasteiger partial charge is 0.407 e. The molecule has 1 aliphatic carbocycles. The van der Waals surface area contributed by atoms with E-state index in [1.807, 2.05) is 48.5 Å². The molecule has 3 aromatic rings. The van der Waals surface area contributed by atoms with Gasteiger partial charge in [0.15, 0.2) is 12.2 Å². The van der Waals surface area contributed by atoms with Crippen molar-refractivity contribution in [2.24, 2.45) is 0 Å². The van der Waals surface area contributed by atoms with Crippen molar-refractivity contribution in [3.63, 3.8) is 0 Å². The fraction of sp³-hybridized carbons (Fsp3) is 0.366. The highest BCUT2D eigenvalue weighted by molar-refractivity contribution is 5.82. The summed E-state index contributed by atoms with van der Waals surface area (Å²) in [5.74, 6) is -3.70. The highest BCUT2D eigenvalue weighted by Crippen LogP contribution is 2.44. The van der Waals surface area contributed by atoms with Crippen LogP contribution in [-0.2, 0) is 63.6 Å². The topological polar surface area (TPSA) is 188 Å². The van der Waals surface area contributed by atoms with Gasteiger partial charge in [-0.15, -0.1) is 0 Å². The van der Waals surface area contributed by atoms with E-state index in [0.717, 1.165) is 43.0 Å². The zero-order chi connectivity index (χ0) is 40.4. The van der Waals surface area contributed by atoms with Gasteiger partial charge >= 0.3 is 35.9 Å². The fourth-order valence-electron chi connectivity index (χ4n) is 6.57. The van der Waals surface area contributed by atoms with Crippen LogP contribution < -0.4 is 10.1 Å². The Morgan fingerprint density at radius 1 is 0.696 bits per heavy atom. The summed E-state index contributed by atoms with van der Waals surface area (Å²) in [7, 11) is 0. The van der Waals surface area contributed by atoms with Crippen LogP contribution in [0.4, 0.5) is 4.79 Å². The molecule has 15 nitrogen and oxygen atoms in total. The van der Waals surface area contributed by atoms with E-state index in [2.05, 4.69) is 11.9 Å². The molecule has 0 radical (unpaired) electrons. The predicted octanol–water partition coefficient (Wildman–Crippen LogP) is 4.33. The highest BCUT2D eigenvalue weighted by atomic mass is 16.7. The highest BCUT2D eigenvalue weighted by Gasteiger charge is 2.53. The number of fused-ring (bicyclic) bond motifs is 3. The van der Waals surface area contributed by atoms with Gasteiger partial charge in [0.05, 0.1) is 0 Å². The van der Waals surface area contributed by atoms with Crippen molar-refractivity contribution in [3.8, 4) is 16.9 Å². The van der Waals surface area contributed by atoms with Gasteiger partial charge < -0.3 is 43.2 Å². The number of hydrogen-bond donors (Lipinski definition) is 1. The number of carbonyl (C=O) groups excluding carboxylic acids is 6. The lowest BCUT2D eigenvalue weighted by atomic mass is 9.98. The Balaban J connectivity index is 1.30. The maximum atomic E-state index is 13.2. The Hall–Kier alpha value is -6.22. The number of nitrogens with one attached hydrogen (secondary N) is 1. The van der Waals surface area contributed by atoms with E-state index in [4.69, 9.17) is 37.9 Å². The fourth-order valence-corrected chi connectivity index (χ4v) is 6.57. The van der Waals surface area contributed by atoms with Crippen molar-refractivity contribution in [2.75, 3.05) is 19.8 Å². The van der Waals surface area contributed by atoms with Crippen LogP contribution in [0.1, 0.15) is 50.3 Å². The second-order valence-electron chi connectivity index (χ2n) is 13.0. The quantitative estimate of drug-likeness (QED) is 0.131. The molecule has 1 amide bonds. The SMILES string of the molecule is C=CCOC(=O)[C@H](Cc1ccc(O[C@H]2O[C@H](COC(C)=O)[C@@H](OC(C)=O)[C@H](OC(C)=O)[C@H]2OC(C)=O)cc1)NC(=O)OCC1c2ccccc2-c2ccccc21. The lowest BCUT2D eigenvalue weighted by Gasteiger charge is -2.43. The van der Waals surface area contributed by atoms with E-state index in [-0.39, 0.29) is 31.3 Å². The molecule has 296 valence electrons. The Labute approximate surface area is 323 Å². The van der Waals surface area contributed by atoms with E-state index in [1.54, 1.807) is 12.1 Å². The molecule has 0 unspecified atom stereocenters. The summed E-state index contributed by atoms with van der Waals surface area (Å²) < 4.78 is 44.4. The monoisotopic (exact) mass is 773 g/mol. The average molecular weight is 774 g/mol. The third-order valence-electron chi connectivity index (χ3n) is 8.83. The first-order chi connectivity index (χ1) is 26.8. The molecule has 1 fully saturated rings. The first kappa shape index (κ1) is 41.0. The van der Waals surface area contributed by atoms with Crippen molar-refractivity contribution in [1.82, 2.24) is 5.32 Å². The van der Waals surface area contributed by atoms with Crippen molar-refractivity contribution in [1.29, 1.82) is 0 Å². The van der Waals surface area contributed by atoms with Crippen LogP contribution >= 0.6 is 0 Å². The molecule has 3 aromatic carbocycles. The largest absolute Gasteiger partial charge is 0.463 e. The Morgan fingerprint density at radius 2 is 1.27 bits per heavy atom. The van der Waals surface area contributed by atoms with Gasteiger partial charge in [0, 0.05) is 40.0 Å². The van der Waals surface area contributed by atoms with E-state index in [1.165, 1.54) is 25.1 Å².